The fourth-order valence-electron chi connectivity index (χ4n) is 4.61. The Bertz CT molecular complexity index is 1190. The van der Waals surface area contributed by atoms with Crippen LogP contribution in [0.1, 0.15) is 70.7 Å². The third-order valence-corrected chi connectivity index (χ3v) is 6.61. The zero-order valence-electron chi connectivity index (χ0n) is 20.0. The molecule has 0 saturated carbocycles. The first-order valence-corrected chi connectivity index (χ1v) is 11.1. The third-order valence-electron chi connectivity index (χ3n) is 6.61. The minimum Gasteiger partial charge on any atom is -0.324 e. The highest BCUT2D eigenvalue weighted by atomic mass is 16.2. The van der Waals surface area contributed by atoms with Gasteiger partial charge in [0.2, 0.25) is 11.8 Å². The molecular formula is C26H29N3O4. The van der Waals surface area contributed by atoms with Gasteiger partial charge in [-0.1, -0.05) is 32.9 Å². The molecule has 2 aromatic rings. The van der Waals surface area contributed by atoms with Gasteiger partial charge in [0.05, 0.1) is 29.0 Å². The predicted octanol–water partition coefficient (Wildman–Crippen LogP) is 3.99. The van der Waals surface area contributed by atoms with E-state index < -0.39 is 5.41 Å². The fourth-order valence-corrected chi connectivity index (χ4v) is 4.61. The number of carbonyl (C=O) groups is 4. The minimum absolute atomic E-state index is 0.0908. The lowest BCUT2D eigenvalue weighted by molar-refractivity contribution is -0.123. The van der Waals surface area contributed by atoms with Gasteiger partial charge in [-0.15, -0.1) is 0 Å². The van der Waals surface area contributed by atoms with Crippen molar-refractivity contribution < 1.29 is 19.2 Å². The maximum atomic E-state index is 13.0. The van der Waals surface area contributed by atoms with Gasteiger partial charge in [0.25, 0.3) is 11.8 Å². The van der Waals surface area contributed by atoms with Crippen molar-refractivity contribution in [2.24, 2.45) is 5.41 Å². The first-order chi connectivity index (χ1) is 15.4. The smallest absolute Gasteiger partial charge is 0.261 e. The summed E-state index contributed by atoms with van der Waals surface area (Å²) in [6.45, 7) is 11.5. The number of benzene rings is 2. The lowest BCUT2D eigenvalue weighted by atomic mass is 9.91. The molecule has 172 valence electrons. The quantitative estimate of drug-likeness (QED) is 0.721. The van der Waals surface area contributed by atoms with E-state index in [2.05, 4.69) is 5.32 Å². The molecule has 0 spiro atoms. The van der Waals surface area contributed by atoms with Gasteiger partial charge in [0.15, 0.2) is 0 Å². The van der Waals surface area contributed by atoms with Crippen molar-refractivity contribution in [3.63, 3.8) is 0 Å². The molecule has 1 N–H and O–H groups in total. The molecular weight excluding hydrogens is 418 g/mol. The summed E-state index contributed by atoms with van der Waals surface area (Å²) in [5.41, 5.74) is 4.96. The summed E-state index contributed by atoms with van der Waals surface area (Å²) in [4.78, 5) is 54.2. The number of carbonyl (C=O) groups excluding carboxylic acids is 4. The second-order valence-corrected chi connectivity index (χ2v) is 9.80. The molecule has 7 nitrogen and oxygen atoms in total. The van der Waals surface area contributed by atoms with Crippen molar-refractivity contribution >= 4 is 35.0 Å². The molecule has 0 atom stereocenters. The standard InChI is InChI=1S/C26H29N3O4/c1-14-17-11-12-28(16(3)30)22(17)21(27-25(33)26(4,5)6)15(2)20(14)13-29-23(31)18-9-7-8-10-19(18)24(29)32/h7-10H,11-13H2,1-6H3,(H,27,33). The van der Waals surface area contributed by atoms with Crippen LogP contribution in [0, 0.1) is 19.3 Å². The van der Waals surface area contributed by atoms with Gasteiger partial charge in [-0.2, -0.15) is 0 Å². The topological polar surface area (TPSA) is 86.8 Å². The molecule has 0 saturated heterocycles. The molecule has 2 aliphatic rings. The molecule has 0 radical (unpaired) electrons. The van der Waals surface area contributed by atoms with Crippen LogP contribution >= 0.6 is 0 Å². The molecule has 7 heteroatoms. The van der Waals surface area contributed by atoms with Gasteiger partial charge in [-0.3, -0.25) is 24.1 Å². The Kier molecular flexibility index (Phi) is 5.39. The maximum absolute atomic E-state index is 13.0. The van der Waals surface area contributed by atoms with Gasteiger partial charge in [-0.25, -0.2) is 0 Å². The lowest BCUT2D eigenvalue weighted by Gasteiger charge is -2.27. The van der Waals surface area contributed by atoms with Crippen LogP contribution in [0.3, 0.4) is 0 Å². The van der Waals surface area contributed by atoms with E-state index in [1.807, 2.05) is 34.6 Å². The van der Waals surface area contributed by atoms with Crippen LogP contribution in [0.4, 0.5) is 11.4 Å². The van der Waals surface area contributed by atoms with Crippen molar-refractivity contribution in [2.45, 2.75) is 54.5 Å². The van der Waals surface area contributed by atoms with Crippen LogP contribution in [0.15, 0.2) is 24.3 Å². The molecule has 4 amide bonds. The summed E-state index contributed by atoms with van der Waals surface area (Å²) in [7, 11) is 0. The predicted molar refractivity (Wildman–Crippen MR) is 126 cm³/mol. The Morgan fingerprint density at radius 1 is 1.00 bits per heavy atom. The zero-order valence-corrected chi connectivity index (χ0v) is 20.0. The van der Waals surface area contributed by atoms with E-state index >= 15 is 0 Å². The summed E-state index contributed by atoms with van der Waals surface area (Å²) < 4.78 is 0. The highest BCUT2D eigenvalue weighted by Crippen LogP contribution is 2.44. The fraction of sp³-hybridized carbons (Fsp3) is 0.385. The van der Waals surface area contributed by atoms with E-state index in [-0.39, 0.29) is 30.2 Å². The highest BCUT2D eigenvalue weighted by molar-refractivity contribution is 6.21. The summed E-state index contributed by atoms with van der Waals surface area (Å²) in [6, 6.07) is 6.82. The largest absolute Gasteiger partial charge is 0.324 e. The van der Waals surface area contributed by atoms with Crippen LogP contribution in [0.25, 0.3) is 0 Å². The molecule has 2 heterocycles. The van der Waals surface area contributed by atoms with Crippen LogP contribution in [0.5, 0.6) is 0 Å². The first-order valence-electron chi connectivity index (χ1n) is 11.1. The van der Waals surface area contributed by atoms with E-state index in [0.29, 0.717) is 29.8 Å². The number of nitrogens with one attached hydrogen (secondary N) is 1. The van der Waals surface area contributed by atoms with Crippen molar-refractivity contribution in [2.75, 3.05) is 16.8 Å². The molecule has 2 aliphatic heterocycles. The molecule has 33 heavy (non-hydrogen) atoms. The number of amides is 4. The normalized spacial score (nSPS) is 15.1. The van der Waals surface area contributed by atoms with Crippen molar-refractivity contribution in [1.29, 1.82) is 0 Å². The summed E-state index contributed by atoms with van der Waals surface area (Å²) in [5.74, 6) is -0.897. The summed E-state index contributed by atoms with van der Waals surface area (Å²) >= 11 is 0. The summed E-state index contributed by atoms with van der Waals surface area (Å²) in [6.07, 6.45) is 0.647. The van der Waals surface area contributed by atoms with Gasteiger partial charge < -0.3 is 10.2 Å². The Labute approximate surface area is 193 Å². The van der Waals surface area contributed by atoms with Gasteiger partial charge in [-0.05, 0) is 54.7 Å². The minimum atomic E-state index is -0.632. The second kappa shape index (κ2) is 7.83. The van der Waals surface area contributed by atoms with E-state index in [1.165, 1.54) is 11.8 Å². The third kappa shape index (κ3) is 3.61. The van der Waals surface area contributed by atoms with Crippen LogP contribution in [-0.2, 0) is 22.6 Å². The molecule has 0 aromatic heterocycles. The Hall–Kier alpha value is -3.48. The van der Waals surface area contributed by atoms with E-state index in [1.54, 1.807) is 29.2 Å². The zero-order chi connectivity index (χ0) is 24.2. The molecule has 4 rings (SSSR count). The van der Waals surface area contributed by atoms with Gasteiger partial charge >= 0.3 is 0 Å². The number of hydrogen-bond donors (Lipinski definition) is 1. The Morgan fingerprint density at radius 2 is 1.58 bits per heavy atom. The molecule has 0 fully saturated rings. The number of rotatable bonds is 3. The van der Waals surface area contributed by atoms with Crippen LogP contribution in [-0.4, -0.2) is 35.1 Å². The number of imide groups is 1. The molecule has 2 aromatic carbocycles. The van der Waals surface area contributed by atoms with E-state index in [0.717, 1.165) is 27.9 Å². The van der Waals surface area contributed by atoms with Crippen LogP contribution in [0.2, 0.25) is 0 Å². The van der Waals surface area contributed by atoms with Crippen molar-refractivity contribution in [3.8, 4) is 0 Å². The van der Waals surface area contributed by atoms with E-state index in [4.69, 9.17) is 0 Å². The molecule has 0 unspecified atom stereocenters. The number of fused-ring (bicyclic) bond motifs is 2. The highest BCUT2D eigenvalue weighted by Gasteiger charge is 2.38. The van der Waals surface area contributed by atoms with Gasteiger partial charge in [0.1, 0.15) is 0 Å². The average molecular weight is 448 g/mol. The average Bonchev–Trinajstić information content (AvgIpc) is 3.29. The van der Waals surface area contributed by atoms with Crippen molar-refractivity contribution in [1.82, 2.24) is 4.90 Å². The monoisotopic (exact) mass is 447 g/mol. The van der Waals surface area contributed by atoms with Crippen LogP contribution < -0.4 is 10.2 Å². The Balaban J connectivity index is 1.83. The van der Waals surface area contributed by atoms with Crippen molar-refractivity contribution in [3.05, 3.63) is 57.6 Å². The number of nitrogens with zero attached hydrogens (tertiary/aromatic N) is 2. The number of hydrogen-bond acceptors (Lipinski definition) is 4. The summed E-state index contributed by atoms with van der Waals surface area (Å²) in [5, 5.41) is 3.05. The molecule has 0 aliphatic carbocycles. The van der Waals surface area contributed by atoms with E-state index in [9.17, 15) is 19.2 Å². The lowest BCUT2D eigenvalue weighted by Crippen LogP contribution is -2.32. The SMILES string of the molecule is CC(=O)N1CCc2c(C)c(CN3C(=O)c4ccccc4C3=O)c(C)c(NC(=O)C(C)(C)C)c21. The molecule has 0 bridgehead atoms. The number of anilines is 2. The van der Waals surface area contributed by atoms with Gasteiger partial charge in [0, 0.05) is 18.9 Å². The second-order valence-electron chi connectivity index (χ2n) is 9.80. The first kappa shape index (κ1) is 22.7. The maximum Gasteiger partial charge on any atom is 0.261 e. The Morgan fingerprint density at radius 3 is 2.09 bits per heavy atom.